The lowest BCUT2D eigenvalue weighted by Gasteiger charge is -2.09. The molecule has 2 rings (SSSR count). The maximum atomic E-state index is 13.5. The number of nitrogens with zero attached hydrogens (tertiary/aromatic N) is 2. The van der Waals surface area contributed by atoms with Crippen molar-refractivity contribution < 1.29 is 4.39 Å². The molecule has 0 aliphatic carbocycles. The zero-order valence-corrected chi connectivity index (χ0v) is 8.72. The molecule has 0 aliphatic heterocycles. The molecule has 14 heavy (non-hydrogen) atoms. The van der Waals surface area contributed by atoms with Gasteiger partial charge in [0.25, 0.3) is 0 Å². The van der Waals surface area contributed by atoms with E-state index < -0.39 is 0 Å². The van der Waals surface area contributed by atoms with Crippen molar-refractivity contribution in [2.45, 2.75) is 19.9 Å². The van der Waals surface area contributed by atoms with Crippen LogP contribution in [0.15, 0.2) is 18.2 Å². The van der Waals surface area contributed by atoms with Crippen LogP contribution in [0, 0.1) is 5.82 Å². The SMILES string of the molecule is CC(C)n1c(Cl)nc2cccc(F)c21. The van der Waals surface area contributed by atoms with Gasteiger partial charge < -0.3 is 4.57 Å². The second-order valence-corrected chi connectivity index (χ2v) is 3.79. The van der Waals surface area contributed by atoms with Gasteiger partial charge in [0.05, 0.1) is 5.52 Å². The summed E-state index contributed by atoms with van der Waals surface area (Å²) in [7, 11) is 0. The molecule has 4 heteroatoms. The highest BCUT2D eigenvalue weighted by molar-refractivity contribution is 6.29. The molecule has 74 valence electrons. The van der Waals surface area contributed by atoms with Crippen molar-refractivity contribution in [1.29, 1.82) is 0 Å². The topological polar surface area (TPSA) is 17.8 Å². The number of imidazole rings is 1. The minimum atomic E-state index is -0.282. The molecule has 0 radical (unpaired) electrons. The molecule has 0 fully saturated rings. The van der Waals surface area contributed by atoms with Crippen molar-refractivity contribution in [3.63, 3.8) is 0 Å². The zero-order chi connectivity index (χ0) is 10.3. The van der Waals surface area contributed by atoms with E-state index in [1.807, 2.05) is 13.8 Å². The van der Waals surface area contributed by atoms with E-state index in [-0.39, 0.29) is 11.9 Å². The first-order valence-electron chi connectivity index (χ1n) is 4.43. The first kappa shape index (κ1) is 9.46. The predicted octanol–water partition coefficient (Wildman–Crippen LogP) is 3.41. The number of hydrogen-bond donors (Lipinski definition) is 0. The second kappa shape index (κ2) is 3.24. The van der Waals surface area contributed by atoms with Crippen LogP contribution in [0.4, 0.5) is 4.39 Å². The molecule has 0 atom stereocenters. The molecule has 0 amide bonds. The van der Waals surface area contributed by atoms with Gasteiger partial charge in [-0.25, -0.2) is 9.37 Å². The van der Waals surface area contributed by atoms with Gasteiger partial charge in [0, 0.05) is 6.04 Å². The second-order valence-electron chi connectivity index (χ2n) is 3.45. The average molecular weight is 213 g/mol. The Morgan fingerprint density at radius 1 is 1.43 bits per heavy atom. The maximum absolute atomic E-state index is 13.5. The van der Waals surface area contributed by atoms with E-state index >= 15 is 0 Å². The Morgan fingerprint density at radius 3 is 2.79 bits per heavy atom. The predicted molar refractivity (Wildman–Crippen MR) is 55.1 cm³/mol. The number of benzene rings is 1. The molecular formula is C10H10ClFN2. The molecule has 1 aromatic carbocycles. The van der Waals surface area contributed by atoms with Gasteiger partial charge in [0.1, 0.15) is 11.3 Å². The first-order valence-corrected chi connectivity index (χ1v) is 4.81. The number of aromatic nitrogens is 2. The molecule has 2 aromatic rings. The zero-order valence-electron chi connectivity index (χ0n) is 7.96. The van der Waals surface area contributed by atoms with E-state index in [1.54, 1.807) is 16.7 Å². The normalized spacial score (nSPS) is 11.5. The summed E-state index contributed by atoms with van der Waals surface area (Å²) in [5.41, 5.74) is 1.08. The van der Waals surface area contributed by atoms with Gasteiger partial charge in [0.2, 0.25) is 5.28 Å². The number of hydrogen-bond acceptors (Lipinski definition) is 1. The minimum absolute atomic E-state index is 0.101. The molecular weight excluding hydrogens is 203 g/mol. The summed E-state index contributed by atoms with van der Waals surface area (Å²) in [6.07, 6.45) is 0. The number of fused-ring (bicyclic) bond motifs is 1. The standard InChI is InChI=1S/C10H10ClFN2/c1-6(2)14-9-7(12)4-3-5-8(9)13-10(14)11/h3-6H,1-2H3. The smallest absolute Gasteiger partial charge is 0.204 e. The summed E-state index contributed by atoms with van der Waals surface area (Å²) in [4.78, 5) is 4.08. The van der Waals surface area contributed by atoms with E-state index in [2.05, 4.69) is 4.98 Å². The minimum Gasteiger partial charge on any atom is -0.310 e. The van der Waals surface area contributed by atoms with E-state index in [0.717, 1.165) is 0 Å². The van der Waals surface area contributed by atoms with Crippen molar-refractivity contribution in [2.75, 3.05) is 0 Å². The van der Waals surface area contributed by atoms with Gasteiger partial charge in [-0.15, -0.1) is 0 Å². The molecule has 0 N–H and O–H groups in total. The van der Waals surface area contributed by atoms with Crippen LogP contribution in [0.1, 0.15) is 19.9 Å². The third kappa shape index (κ3) is 1.28. The molecule has 0 aliphatic rings. The Hall–Kier alpha value is -1.09. The van der Waals surface area contributed by atoms with Gasteiger partial charge in [0.15, 0.2) is 0 Å². The van der Waals surface area contributed by atoms with Crippen LogP contribution < -0.4 is 0 Å². The van der Waals surface area contributed by atoms with Crippen LogP contribution >= 0.6 is 11.6 Å². The number of rotatable bonds is 1. The van der Waals surface area contributed by atoms with Crippen LogP contribution in [0.25, 0.3) is 11.0 Å². The molecule has 1 aromatic heterocycles. The summed E-state index contributed by atoms with van der Waals surface area (Å²) in [6, 6.07) is 4.90. The molecule has 0 unspecified atom stereocenters. The van der Waals surface area contributed by atoms with Gasteiger partial charge >= 0.3 is 0 Å². The molecule has 0 saturated carbocycles. The quantitative estimate of drug-likeness (QED) is 0.709. The third-order valence-corrected chi connectivity index (χ3v) is 2.40. The van der Waals surface area contributed by atoms with Crippen LogP contribution in [0.3, 0.4) is 0 Å². The first-order chi connectivity index (χ1) is 6.61. The van der Waals surface area contributed by atoms with Gasteiger partial charge in [-0.1, -0.05) is 6.07 Å². The fraction of sp³-hybridized carbons (Fsp3) is 0.300. The number of para-hydroxylation sites is 1. The Labute approximate surface area is 86.3 Å². The average Bonchev–Trinajstić information content (AvgIpc) is 2.42. The lowest BCUT2D eigenvalue weighted by Crippen LogP contribution is -2.01. The summed E-state index contributed by atoms with van der Waals surface area (Å²) in [5, 5.41) is 0.333. The van der Waals surface area contributed by atoms with Crippen LogP contribution in [-0.2, 0) is 0 Å². The highest BCUT2D eigenvalue weighted by Gasteiger charge is 2.14. The molecule has 2 nitrogen and oxygen atoms in total. The van der Waals surface area contributed by atoms with Gasteiger partial charge in [-0.05, 0) is 37.6 Å². The van der Waals surface area contributed by atoms with E-state index in [1.165, 1.54) is 6.07 Å². The van der Waals surface area contributed by atoms with Crippen molar-refractivity contribution in [1.82, 2.24) is 9.55 Å². The van der Waals surface area contributed by atoms with Crippen molar-refractivity contribution in [3.05, 3.63) is 29.3 Å². The van der Waals surface area contributed by atoms with Crippen LogP contribution in [0.5, 0.6) is 0 Å². The summed E-state index contributed by atoms with van der Waals surface area (Å²) in [6.45, 7) is 3.89. The van der Waals surface area contributed by atoms with Crippen molar-refractivity contribution >= 4 is 22.6 Å². The highest BCUT2D eigenvalue weighted by Crippen LogP contribution is 2.25. The summed E-state index contributed by atoms with van der Waals surface area (Å²) >= 11 is 5.92. The maximum Gasteiger partial charge on any atom is 0.204 e. The molecule has 1 heterocycles. The monoisotopic (exact) mass is 212 g/mol. The Bertz CT molecular complexity index is 476. The fourth-order valence-corrected chi connectivity index (χ4v) is 1.92. The molecule has 0 spiro atoms. The molecule has 0 saturated heterocycles. The van der Waals surface area contributed by atoms with Crippen LogP contribution in [-0.4, -0.2) is 9.55 Å². The van der Waals surface area contributed by atoms with Crippen molar-refractivity contribution in [2.24, 2.45) is 0 Å². The van der Waals surface area contributed by atoms with Crippen molar-refractivity contribution in [3.8, 4) is 0 Å². The lowest BCUT2D eigenvalue weighted by atomic mass is 10.3. The fourth-order valence-electron chi connectivity index (χ4n) is 1.55. The Kier molecular flexibility index (Phi) is 2.19. The van der Waals surface area contributed by atoms with E-state index in [9.17, 15) is 4.39 Å². The third-order valence-electron chi connectivity index (χ3n) is 2.13. The highest BCUT2D eigenvalue weighted by atomic mass is 35.5. The van der Waals surface area contributed by atoms with Gasteiger partial charge in [-0.3, -0.25) is 0 Å². The van der Waals surface area contributed by atoms with E-state index in [0.29, 0.717) is 16.3 Å². The number of halogens is 2. The summed E-state index contributed by atoms with van der Waals surface area (Å²) in [5.74, 6) is -0.282. The Morgan fingerprint density at radius 2 is 2.14 bits per heavy atom. The summed E-state index contributed by atoms with van der Waals surface area (Å²) < 4.78 is 15.2. The van der Waals surface area contributed by atoms with Gasteiger partial charge in [-0.2, -0.15) is 0 Å². The Balaban J connectivity index is 2.86. The van der Waals surface area contributed by atoms with Crippen LogP contribution in [0.2, 0.25) is 5.28 Å². The largest absolute Gasteiger partial charge is 0.310 e. The lowest BCUT2D eigenvalue weighted by molar-refractivity contribution is 0.586. The van der Waals surface area contributed by atoms with E-state index in [4.69, 9.17) is 11.6 Å². The molecule has 0 bridgehead atoms.